The van der Waals surface area contributed by atoms with Crippen LogP contribution in [0.3, 0.4) is 0 Å². The van der Waals surface area contributed by atoms with Gasteiger partial charge in [-0.05, 0) is 38.1 Å². The molecule has 3 unspecified atom stereocenters. The van der Waals surface area contributed by atoms with Gasteiger partial charge in [0.25, 0.3) is 0 Å². The Balaban J connectivity index is 1.68. The smallest absolute Gasteiger partial charge is 0.237 e. The van der Waals surface area contributed by atoms with Crippen LogP contribution in [0.2, 0.25) is 0 Å². The topological polar surface area (TPSA) is 41.1 Å². The fourth-order valence-corrected chi connectivity index (χ4v) is 2.47. The van der Waals surface area contributed by atoms with Crippen molar-refractivity contribution < 1.29 is 4.79 Å². The van der Waals surface area contributed by atoms with E-state index in [9.17, 15) is 4.79 Å². The van der Waals surface area contributed by atoms with Gasteiger partial charge in [0.15, 0.2) is 0 Å². The van der Waals surface area contributed by atoms with E-state index < -0.39 is 0 Å². The first-order valence-electron chi connectivity index (χ1n) is 6.35. The number of carbonyl (C=O) groups is 1. The Morgan fingerprint density at radius 3 is 3.00 bits per heavy atom. The average Bonchev–Trinajstić information content (AvgIpc) is 2.98. The highest BCUT2D eigenvalue weighted by molar-refractivity contribution is 5.82. The zero-order chi connectivity index (χ0) is 10.7. The summed E-state index contributed by atoms with van der Waals surface area (Å²) >= 11 is 0. The predicted octanol–water partition coefficient (Wildman–Crippen LogP) is 1.43. The van der Waals surface area contributed by atoms with Crippen molar-refractivity contribution in [1.29, 1.82) is 0 Å². The maximum atomic E-state index is 11.8. The maximum absolute atomic E-state index is 11.8. The molecule has 0 aromatic rings. The molecule has 1 amide bonds. The molecular formula is C12H22N2O. The maximum Gasteiger partial charge on any atom is 0.237 e. The summed E-state index contributed by atoms with van der Waals surface area (Å²) in [5, 5.41) is 6.44. The molecule has 0 bridgehead atoms. The summed E-state index contributed by atoms with van der Waals surface area (Å²) in [6, 6.07) is 0.572. The third-order valence-corrected chi connectivity index (χ3v) is 3.54. The molecule has 0 radical (unpaired) electrons. The molecule has 0 aromatic carbocycles. The van der Waals surface area contributed by atoms with Gasteiger partial charge in [-0.2, -0.15) is 0 Å². The predicted molar refractivity (Wildman–Crippen MR) is 60.6 cm³/mol. The van der Waals surface area contributed by atoms with Crippen LogP contribution in [0.1, 0.15) is 45.4 Å². The lowest BCUT2D eigenvalue weighted by Gasteiger charge is -2.22. The van der Waals surface area contributed by atoms with Gasteiger partial charge >= 0.3 is 0 Å². The molecule has 15 heavy (non-hydrogen) atoms. The molecule has 2 N–H and O–H groups in total. The van der Waals surface area contributed by atoms with Gasteiger partial charge in [-0.3, -0.25) is 4.79 Å². The first kappa shape index (κ1) is 10.9. The Kier molecular flexibility index (Phi) is 3.62. The molecule has 1 aliphatic heterocycles. The Morgan fingerprint density at radius 1 is 1.47 bits per heavy atom. The molecule has 2 aliphatic rings. The van der Waals surface area contributed by atoms with Crippen molar-refractivity contribution in [2.45, 2.75) is 57.5 Å². The molecule has 1 saturated carbocycles. The van der Waals surface area contributed by atoms with E-state index in [1.165, 1.54) is 32.1 Å². The van der Waals surface area contributed by atoms with Crippen molar-refractivity contribution in [3.63, 3.8) is 0 Å². The summed E-state index contributed by atoms with van der Waals surface area (Å²) < 4.78 is 0. The number of hydrogen-bond acceptors (Lipinski definition) is 2. The van der Waals surface area contributed by atoms with Crippen LogP contribution in [0.15, 0.2) is 0 Å². The van der Waals surface area contributed by atoms with Crippen molar-refractivity contribution >= 4 is 5.91 Å². The summed E-state index contributed by atoms with van der Waals surface area (Å²) in [7, 11) is 0. The molecule has 1 aliphatic carbocycles. The van der Waals surface area contributed by atoms with Gasteiger partial charge in [0, 0.05) is 6.04 Å². The molecule has 3 nitrogen and oxygen atoms in total. The lowest BCUT2D eigenvalue weighted by Crippen LogP contribution is -2.47. The number of amides is 1. The monoisotopic (exact) mass is 210 g/mol. The lowest BCUT2D eigenvalue weighted by atomic mass is 10.0. The second kappa shape index (κ2) is 4.97. The van der Waals surface area contributed by atoms with Gasteiger partial charge in [0.05, 0.1) is 6.04 Å². The highest BCUT2D eigenvalue weighted by Gasteiger charge is 2.38. The van der Waals surface area contributed by atoms with Crippen LogP contribution in [0.5, 0.6) is 0 Å². The van der Waals surface area contributed by atoms with Crippen molar-refractivity contribution in [2.24, 2.45) is 5.92 Å². The molecule has 1 heterocycles. The van der Waals surface area contributed by atoms with E-state index in [0.29, 0.717) is 6.04 Å². The van der Waals surface area contributed by atoms with Gasteiger partial charge in [-0.15, -0.1) is 0 Å². The normalized spacial score (nSPS) is 34.9. The number of hydrogen-bond donors (Lipinski definition) is 2. The minimum Gasteiger partial charge on any atom is -0.352 e. The van der Waals surface area contributed by atoms with Crippen LogP contribution in [0, 0.1) is 5.92 Å². The molecular weight excluding hydrogens is 188 g/mol. The lowest BCUT2D eigenvalue weighted by molar-refractivity contribution is -0.123. The third kappa shape index (κ3) is 2.94. The zero-order valence-corrected chi connectivity index (χ0v) is 9.59. The molecule has 1 saturated heterocycles. The van der Waals surface area contributed by atoms with E-state index in [0.717, 1.165) is 18.9 Å². The Morgan fingerprint density at radius 2 is 2.33 bits per heavy atom. The number of piperidine rings is 1. The van der Waals surface area contributed by atoms with Crippen molar-refractivity contribution in [3.8, 4) is 0 Å². The van der Waals surface area contributed by atoms with Gasteiger partial charge in [0.2, 0.25) is 5.91 Å². The molecule has 3 heteroatoms. The zero-order valence-electron chi connectivity index (χ0n) is 9.59. The summed E-state index contributed by atoms with van der Waals surface area (Å²) in [5.41, 5.74) is 0. The van der Waals surface area contributed by atoms with Crippen LogP contribution in [-0.2, 0) is 4.79 Å². The average molecular weight is 210 g/mol. The standard InChI is InChI=1S/C12H22N2O/c1-2-5-9-8-11(9)14-12(15)10-6-3-4-7-13-10/h9-11,13H,2-8H2,1H3,(H,14,15). The van der Waals surface area contributed by atoms with Gasteiger partial charge in [-0.1, -0.05) is 19.8 Å². The Hall–Kier alpha value is -0.570. The van der Waals surface area contributed by atoms with Crippen LogP contribution in [0.25, 0.3) is 0 Å². The van der Waals surface area contributed by atoms with E-state index in [2.05, 4.69) is 17.6 Å². The fraction of sp³-hybridized carbons (Fsp3) is 0.917. The molecule has 0 aromatic heterocycles. The second-order valence-electron chi connectivity index (χ2n) is 4.90. The van der Waals surface area contributed by atoms with Crippen molar-refractivity contribution in [3.05, 3.63) is 0 Å². The van der Waals surface area contributed by atoms with E-state index in [4.69, 9.17) is 0 Å². The molecule has 3 atom stereocenters. The van der Waals surface area contributed by atoms with Gasteiger partial charge in [-0.25, -0.2) is 0 Å². The van der Waals surface area contributed by atoms with E-state index >= 15 is 0 Å². The summed E-state index contributed by atoms with van der Waals surface area (Å²) in [4.78, 5) is 11.8. The second-order valence-corrected chi connectivity index (χ2v) is 4.90. The van der Waals surface area contributed by atoms with E-state index in [-0.39, 0.29) is 11.9 Å². The number of rotatable bonds is 4. The fourth-order valence-electron chi connectivity index (χ4n) is 2.47. The van der Waals surface area contributed by atoms with E-state index in [1.54, 1.807) is 0 Å². The summed E-state index contributed by atoms with van der Waals surface area (Å²) in [6.45, 7) is 3.21. The highest BCUT2D eigenvalue weighted by atomic mass is 16.2. The van der Waals surface area contributed by atoms with Crippen LogP contribution in [-0.4, -0.2) is 24.5 Å². The van der Waals surface area contributed by atoms with Crippen LogP contribution < -0.4 is 10.6 Å². The number of carbonyl (C=O) groups excluding carboxylic acids is 1. The molecule has 86 valence electrons. The minimum atomic E-state index is 0.0848. The van der Waals surface area contributed by atoms with Crippen molar-refractivity contribution in [2.75, 3.05) is 6.54 Å². The Bertz CT molecular complexity index is 224. The largest absolute Gasteiger partial charge is 0.352 e. The summed E-state index contributed by atoms with van der Waals surface area (Å²) in [6.07, 6.45) is 7.12. The molecule has 2 fully saturated rings. The third-order valence-electron chi connectivity index (χ3n) is 3.54. The summed E-state index contributed by atoms with van der Waals surface area (Å²) in [5.74, 6) is 1.00. The first-order chi connectivity index (χ1) is 7.31. The Labute approximate surface area is 92.0 Å². The van der Waals surface area contributed by atoms with Crippen LogP contribution in [0.4, 0.5) is 0 Å². The minimum absolute atomic E-state index is 0.0848. The molecule has 0 spiro atoms. The van der Waals surface area contributed by atoms with Gasteiger partial charge in [0.1, 0.15) is 0 Å². The first-order valence-corrected chi connectivity index (χ1v) is 6.35. The van der Waals surface area contributed by atoms with Crippen LogP contribution >= 0.6 is 0 Å². The highest BCUT2D eigenvalue weighted by Crippen LogP contribution is 2.34. The quantitative estimate of drug-likeness (QED) is 0.737. The number of nitrogens with one attached hydrogen (secondary N) is 2. The molecule has 2 rings (SSSR count). The van der Waals surface area contributed by atoms with Crippen molar-refractivity contribution in [1.82, 2.24) is 10.6 Å². The van der Waals surface area contributed by atoms with Gasteiger partial charge < -0.3 is 10.6 Å². The SMILES string of the molecule is CCCC1CC1NC(=O)C1CCCCN1. The van der Waals surface area contributed by atoms with E-state index in [1.807, 2.05) is 0 Å².